The highest BCUT2D eigenvalue weighted by Gasteiger charge is 2.48. The second-order valence-corrected chi connectivity index (χ2v) is 5.44. The fraction of sp³-hybridized carbons (Fsp3) is 0.462. The molecule has 0 heterocycles. The van der Waals surface area contributed by atoms with Crippen LogP contribution in [-0.4, -0.2) is 18.3 Å². The monoisotopic (exact) mass is 304 g/mol. The fourth-order valence-corrected chi connectivity index (χ4v) is 2.36. The molecule has 2 rings (SSSR count). The number of hydrogen-bond acceptors (Lipinski definition) is 2. The predicted molar refractivity (Wildman–Crippen MR) is 74.5 cm³/mol. The Morgan fingerprint density at radius 2 is 2.05 bits per heavy atom. The SMILES string of the molecule is N=C(NOCCCl)C1CC(F)(c2ccc(Cl)cc2)C1. The van der Waals surface area contributed by atoms with Gasteiger partial charge < -0.3 is 0 Å². The molecule has 0 aromatic heterocycles. The summed E-state index contributed by atoms with van der Waals surface area (Å²) in [5, 5.41) is 8.32. The first kappa shape index (κ1) is 14.6. The van der Waals surface area contributed by atoms with Gasteiger partial charge in [-0.05, 0) is 30.5 Å². The molecule has 1 saturated carbocycles. The third-order valence-electron chi connectivity index (χ3n) is 3.27. The summed E-state index contributed by atoms with van der Waals surface area (Å²) in [4.78, 5) is 4.94. The lowest BCUT2D eigenvalue weighted by Gasteiger charge is -2.41. The second kappa shape index (κ2) is 6.07. The normalized spacial score (nSPS) is 25.7. The molecule has 1 aliphatic carbocycles. The Balaban J connectivity index is 1.87. The molecule has 2 N–H and O–H groups in total. The standard InChI is InChI=1S/C13H15Cl2FN2O/c14-5-6-19-18-12(17)9-7-13(16,8-9)10-1-3-11(15)4-2-10/h1-4,9H,5-8H2,(H2,17,18). The van der Waals surface area contributed by atoms with Gasteiger partial charge in [-0.25, -0.2) is 4.39 Å². The lowest BCUT2D eigenvalue weighted by atomic mass is 9.68. The molecule has 0 radical (unpaired) electrons. The largest absolute Gasteiger partial charge is 0.287 e. The first-order valence-electron chi connectivity index (χ1n) is 6.02. The van der Waals surface area contributed by atoms with Gasteiger partial charge in [-0.2, -0.15) is 0 Å². The van der Waals surface area contributed by atoms with E-state index < -0.39 is 5.67 Å². The van der Waals surface area contributed by atoms with E-state index in [1.807, 2.05) is 0 Å². The molecule has 0 saturated heterocycles. The van der Waals surface area contributed by atoms with E-state index in [9.17, 15) is 4.39 Å². The van der Waals surface area contributed by atoms with Crippen molar-refractivity contribution in [3.05, 3.63) is 34.9 Å². The van der Waals surface area contributed by atoms with E-state index in [0.29, 0.717) is 23.1 Å². The van der Waals surface area contributed by atoms with Gasteiger partial charge in [0.1, 0.15) is 11.5 Å². The molecule has 0 unspecified atom stereocenters. The zero-order valence-electron chi connectivity index (χ0n) is 10.3. The van der Waals surface area contributed by atoms with Gasteiger partial charge in [-0.3, -0.25) is 15.7 Å². The van der Waals surface area contributed by atoms with Crippen LogP contribution in [0.5, 0.6) is 0 Å². The molecular weight excluding hydrogens is 290 g/mol. The van der Waals surface area contributed by atoms with Crippen LogP contribution < -0.4 is 5.48 Å². The van der Waals surface area contributed by atoms with Gasteiger partial charge in [0.2, 0.25) is 0 Å². The molecule has 3 nitrogen and oxygen atoms in total. The predicted octanol–water partition coefficient (Wildman–Crippen LogP) is 3.65. The summed E-state index contributed by atoms with van der Waals surface area (Å²) in [7, 11) is 0. The summed E-state index contributed by atoms with van der Waals surface area (Å²) in [6.45, 7) is 0.314. The Morgan fingerprint density at radius 3 is 2.63 bits per heavy atom. The highest BCUT2D eigenvalue weighted by molar-refractivity contribution is 6.30. The zero-order chi connectivity index (χ0) is 13.9. The maximum Gasteiger partial charge on any atom is 0.137 e. The minimum Gasteiger partial charge on any atom is -0.287 e. The molecule has 1 aromatic carbocycles. The summed E-state index contributed by atoms with van der Waals surface area (Å²) in [5.41, 5.74) is 1.74. The van der Waals surface area contributed by atoms with Crippen LogP contribution in [0.2, 0.25) is 5.02 Å². The Labute approximate surface area is 121 Å². The number of alkyl halides is 2. The number of rotatable bonds is 5. The Bertz CT molecular complexity index is 446. The van der Waals surface area contributed by atoms with E-state index in [1.54, 1.807) is 24.3 Å². The number of halogens is 3. The first-order valence-corrected chi connectivity index (χ1v) is 6.93. The number of benzene rings is 1. The van der Waals surface area contributed by atoms with Crippen LogP contribution in [-0.2, 0) is 10.5 Å². The minimum atomic E-state index is -1.37. The highest BCUT2D eigenvalue weighted by atomic mass is 35.5. The molecular formula is C13H15Cl2FN2O. The fourth-order valence-electron chi connectivity index (χ4n) is 2.16. The minimum absolute atomic E-state index is 0.143. The highest BCUT2D eigenvalue weighted by Crippen LogP contribution is 2.49. The Kier molecular flexibility index (Phi) is 4.66. The van der Waals surface area contributed by atoms with Gasteiger partial charge in [-0.1, -0.05) is 23.7 Å². The van der Waals surface area contributed by atoms with Crippen molar-refractivity contribution >= 4 is 29.0 Å². The summed E-state index contributed by atoms with van der Waals surface area (Å²) in [5.74, 6) is 0.409. The molecule has 0 spiro atoms. The molecule has 104 valence electrons. The van der Waals surface area contributed by atoms with Crippen LogP contribution in [0.25, 0.3) is 0 Å². The van der Waals surface area contributed by atoms with Crippen molar-refractivity contribution in [3.8, 4) is 0 Å². The molecule has 1 fully saturated rings. The van der Waals surface area contributed by atoms with Crippen molar-refractivity contribution in [3.63, 3.8) is 0 Å². The van der Waals surface area contributed by atoms with Gasteiger partial charge in [0.15, 0.2) is 0 Å². The number of hydrogen-bond donors (Lipinski definition) is 2. The van der Waals surface area contributed by atoms with E-state index in [4.69, 9.17) is 33.4 Å². The lowest BCUT2D eigenvalue weighted by molar-refractivity contribution is 0.0201. The van der Waals surface area contributed by atoms with Crippen molar-refractivity contribution in [2.45, 2.75) is 18.5 Å². The van der Waals surface area contributed by atoms with Crippen molar-refractivity contribution in [1.29, 1.82) is 5.41 Å². The van der Waals surface area contributed by atoms with Crippen LogP contribution >= 0.6 is 23.2 Å². The maximum atomic E-state index is 14.5. The van der Waals surface area contributed by atoms with E-state index in [0.717, 1.165) is 0 Å². The number of amidine groups is 1. The van der Waals surface area contributed by atoms with E-state index in [2.05, 4.69) is 5.48 Å². The van der Waals surface area contributed by atoms with Crippen molar-refractivity contribution < 1.29 is 9.23 Å². The smallest absolute Gasteiger partial charge is 0.137 e. The average molecular weight is 305 g/mol. The first-order chi connectivity index (χ1) is 9.05. The quantitative estimate of drug-likeness (QED) is 0.287. The van der Waals surface area contributed by atoms with Gasteiger partial charge in [0.05, 0.1) is 6.61 Å². The average Bonchev–Trinajstić information content (AvgIpc) is 2.36. The molecule has 19 heavy (non-hydrogen) atoms. The molecule has 0 atom stereocenters. The molecule has 1 aliphatic rings. The molecule has 0 amide bonds. The third kappa shape index (κ3) is 3.38. The summed E-state index contributed by atoms with van der Waals surface area (Å²) in [6, 6.07) is 6.75. The van der Waals surface area contributed by atoms with E-state index in [-0.39, 0.29) is 24.6 Å². The topological polar surface area (TPSA) is 45.1 Å². The van der Waals surface area contributed by atoms with Crippen molar-refractivity contribution in [2.24, 2.45) is 5.92 Å². The second-order valence-electron chi connectivity index (χ2n) is 4.63. The van der Waals surface area contributed by atoms with Crippen molar-refractivity contribution in [2.75, 3.05) is 12.5 Å². The van der Waals surface area contributed by atoms with Crippen LogP contribution in [0, 0.1) is 11.3 Å². The molecule has 0 aliphatic heterocycles. The molecule has 6 heteroatoms. The third-order valence-corrected chi connectivity index (χ3v) is 3.68. The van der Waals surface area contributed by atoms with Gasteiger partial charge in [-0.15, -0.1) is 11.6 Å². The molecule has 1 aromatic rings. The summed E-state index contributed by atoms with van der Waals surface area (Å²) in [6.07, 6.45) is 0.565. The van der Waals surface area contributed by atoms with E-state index in [1.165, 1.54) is 0 Å². The Morgan fingerprint density at radius 1 is 1.42 bits per heavy atom. The van der Waals surface area contributed by atoms with Crippen LogP contribution in [0.4, 0.5) is 4.39 Å². The van der Waals surface area contributed by atoms with Gasteiger partial charge in [0, 0.05) is 16.8 Å². The molecule has 0 bridgehead atoms. The van der Waals surface area contributed by atoms with E-state index >= 15 is 0 Å². The van der Waals surface area contributed by atoms with Gasteiger partial charge >= 0.3 is 0 Å². The maximum absolute atomic E-state index is 14.5. The Hall–Kier alpha value is -0.840. The van der Waals surface area contributed by atoms with Crippen LogP contribution in [0.1, 0.15) is 18.4 Å². The lowest BCUT2D eigenvalue weighted by Crippen LogP contribution is -2.45. The summed E-state index contributed by atoms with van der Waals surface area (Å²) < 4.78 is 14.5. The summed E-state index contributed by atoms with van der Waals surface area (Å²) >= 11 is 11.2. The van der Waals surface area contributed by atoms with Crippen LogP contribution in [0.15, 0.2) is 24.3 Å². The van der Waals surface area contributed by atoms with Gasteiger partial charge in [0.25, 0.3) is 0 Å². The number of nitrogens with one attached hydrogen (secondary N) is 2. The zero-order valence-corrected chi connectivity index (χ0v) is 11.8. The van der Waals surface area contributed by atoms with Crippen molar-refractivity contribution in [1.82, 2.24) is 5.48 Å². The van der Waals surface area contributed by atoms with Crippen LogP contribution in [0.3, 0.4) is 0 Å². The number of hydroxylamine groups is 1.